The van der Waals surface area contributed by atoms with Crippen molar-refractivity contribution in [1.29, 1.82) is 0 Å². The molecule has 0 aliphatic heterocycles. The maximum atomic E-state index is 10.2. The molecule has 1 aromatic rings. The molecule has 19 heavy (non-hydrogen) atoms. The van der Waals surface area contributed by atoms with Crippen LogP contribution in [0.5, 0.6) is 0 Å². The number of rotatable bonds is 9. The van der Waals surface area contributed by atoms with Crippen molar-refractivity contribution in [2.45, 2.75) is 39.5 Å². The third-order valence-corrected chi connectivity index (χ3v) is 3.27. The number of carbonyl (C=O) groups excluding carboxylic acids is 1. The average molecular weight is 259 g/mol. The van der Waals surface area contributed by atoms with Crippen molar-refractivity contribution < 1.29 is 4.79 Å². The summed E-state index contributed by atoms with van der Waals surface area (Å²) < 4.78 is 0. The van der Waals surface area contributed by atoms with E-state index in [2.05, 4.69) is 55.2 Å². The fraction of sp³-hybridized carbons (Fsp3) is 0.471. The lowest BCUT2D eigenvalue weighted by Crippen LogP contribution is -2.21. The van der Waals surface area contributed by atoms with Crippen molar-refractivity contribution in [1.82, 2.24) is 0 Å². The van der Waals surface area contributed by atoms with Crippen LogP contribution in [0.4, 0.5) is 5.69 Å². The van der Waals surface area contributed by atoms with Crippen molar-refractivity contribution in [3.63, 3.8) is 0 Å². The van der Waals surface area contributed by atoms with Gasteiger partial charge in [0.25, 0.3) is 0 Å². The van der Waals surface area contributed by atoms with Crippen LogP contribution in [0, 0.1) is 0 Å². The molecule has 0 atom stereocenters. The molecule has 104 valence electrons. The Morgan fingerprint density at radius 3 is 2.21 bits per heavy atom. The first-order chi connectivity index (χ1) is 9.31. The molecule has 0 saturated heterocycles. The normalized spacial score (nSPS) is 10.8. The minimum Gasteiger partial charge on any atom is -0.372 e. The Hall–Kier alpha value is -1.57. The van der Waals surface area contributed by atoms with Crippen LogP contribution in [0.1, 0.15) is 45.1 Å². The number of aldehydes is 1. The molecule has 0 aliphatic carbocycles. The number of unbranched alkanes of at least 4 members (excludes halogenated alkanes) is 3. The van der Waals surface area contributed by atoms with E-state index in [1.54, 1.807) is 0 Å². The molecule has 0 N–H and O–H groups in total. The maximum Gasteiger partial charge on any atom is 0.119 e. The zero-order valence-electron chi connectivity index (χ0n) is 12.1. The van der Waals surface area contributed by atoms with E-state index in [1.807, 2.05) is 0 Å². The second-order valence-electron chi connectivity index (χ2n) is 4.62. The number of anilines is 1. The van der Waals surface area contributed by atoms with Gasteiger partial charge in [-0.25, -0.2) is 0 Å². The minimum atomic E-state index is 0.687. The topological polar surface area (TPSA) is 20.3 Å². The van der Waals surface area contributed by atoms with Gasteiger partial charge in [0, 0.05) is 25.2 Å². The third-order valence-electron chi connectivity index (χ3n) is 3.27. The number of carbonyl (C=O) groups is 1. The molecule has 1 rings (SSSR count). The molecule has 0 saturated carbocycles. The van der Waals surface area contributed by atoms with Gasteiger partial charge < -0.3 is 9.69 Å². The van der Waals surface area contributed by atoms with Gasteiger partial charge in [-0.2, -0.15) is 0 Å². The Morgan fingerprint density at radius 2 is 1.63 bits per heavy atom. The minimum absolute atomic E-state index is 0.687. The standard InChI is InChI=1S/C17H25NO/c1-3-18(4-2)17-13-11-16(12-14-17)10-8-6-5-7-9-15-19/h8,10-15H,3-7,9H2,1-2H3. The van der Waals surface area contributed by atoms with Gasteiger partial charge in [-0.3, -0.25) is 0 Å². The highest BCUT2D eigenvalue weighted by molar-refractivity contribution is 5.55. The van der Waals surface area contributed by atoms with Gasteiger partial charge in [-0.1, -0.05) is 24.3 Å². The summed E-state index contributed by atoms with van der Waals surface area (Å²) in [5.74, 6) is 0. The number of hydrogen-bond donors (Lipinski definition) is 0. The van der Waals surface area contributed by atoms with Crippen LogP contribution >= 0.6 is 0 Å². The zero-order valence-corrected chi connectivity index (χ0v) is 12.1. The van der Waals surface area contributed by atoms with Crippen LogP contribution in [0.25, 0.3) is 6.08 Å². The molecule has 2 heteroatoms. The van der Waals surface area contributed by atoms with Crippen molar-refractivity contribution in [2.75, 3.05) is 18.0 Å². The fourth-order valence-corrected chi connectivity index (χ4v) is 2.09. The molecule has 0 fully saturated rings. The molecular weight excluding hydrogens is 234 g/mol. The molecule has 0 radical (unpaired) electrons. The van der Waals surface area contributed by atoms with Crippen LogP contribution in [0.15, 0.2) is 30.3 Å². The molecule has 0 amide bonds. The molecule has 0 bridgehead atoms. The maximum absolute atomic E-state index is 10.2. The van der Waals surface area contributed by atoms with Crippen LogP contribution < -0.4 is 4.90 Å². The van der Waals surface area contributed by atoms with Gasteiger partial charge >= 0.3 is 0 Å². The molecule has 0 aromatic heterocycles. The number of benzene rings is 1. The zero-order chi connectivity index (χ0) is 13.9. The highest BCUT2D eigenvalue weighted by atomic mass is 16.1. The van der Waals surface area contributed by atoms with E-state index in [0.29, 0.717) is 6.42 Å². The first-order valence-electron chi connectivity index (χ1n) is 7.27. The second-order valence-corrected chi connectivity index (χ2v) is 4.62. The third kappa shape index (κ3) is 5.73. The fourth-order valence-electron chi connectivity index (χ4n) is 2.09. The van der Waals surface area contributed by atoms with E-state index in [0.717, 1.165) is 38.6 Å². The predicted octanol–water partition coefficient (Wildman–Crippen LogP) is 4.31. The van der Waals surface area contributed by atoms with Crippen molar-refractivity contribution >= 4 is 18.0 Å². The van der Waals surface area contributed by atoms with Crippen LogP contribution in [0.2, 0.25) is 0 Å². The number of allylic oxidation sites excluding steroid dienone is 1. The van der Waals surface area contributed by atoms with Crippen molar-refractivity contribution in [3.05, 3.63) is 35.9 Å². The van der Waals surface area contributed by atoms with E-state index < -0.39 is 0 Å². The quantitative estimate of drug-likeness (QED) is 0.486. The Bertz CT molecular complexity index is 377. The summed E-state index contributed by atoms with van der Waals surface area (Å²) >= 11 is 0. The van der Waals surface area contributed by atoms with Gasteiger partial charge in [-0.05, 0) is 50.8 Å². The van der Waals surface area contributed by atoms with Gasteiger partial charge in [0.15, 0.2) is 0 Å². The van der Waals surface area contributed by atoms with Gasteiger partial charge in [0.1, 0.15) is 6.29 Å². The van der Waals surface area contributed by atoms with Crippen LogP contribution in [-0.2, 0) is 4.79 Å². The average Bonchev–Trinajstić information content (AvgIpc) is 2.45. The monoisotopic (exact) mass is 259 g/mol. The van der Waals surface area contributed by atoms with E-state index >= 15 is 0 Å². The van der Waals surface area contributed by atoms with Gasteiger partial charge in [-0.15, -0.1) is 0 Å². The molecule has 0 spiro atoms. The van der Waals surface area contributed by atoms with E-state index in [1.165, 1.54) is 11.3 Å². The lowest BCUT2D eigenvalue weighted by atomic mass is 10.1. The van der Waals surface area contributed by atoms with Gasteiger partial charge in [0.05, 0.1) is 0 Å². The van der Waals surface area contributed by atoms with Crippen LogP contribution in [0.3, 0.4) is 0 Å². The summed E-state index contributed by atoms with van der Waals surface area (Å²) in [4.78, 5) is 12.5. The molecule has 0 heterocycles. The molecule has 1 aromatic carbocycles. The van der Waals surface area contributed by atoms with E-state index in [9.17, 15) is 4.79 Å². The first-order valence-corrected chi connectivity index (χ1v) is 7.27. The highest BCUT2D eigenvalue weighted by Crippen LogP contribution is 2.16. The Kier molecular flexibility index (Phi) is 7.64. The predicted molar refractivity (Wildman–Crippen MR) is 83.6 cm³/mol. The summed E-state index contributed by atoms with van der Waals surface area (Å²) in [5.41, 5.74) is 2.53. The number of hydrogen-bond acceptors (Lipinski definition) is 2. The summed E-state index contributed by atoms with van der Waals surface area (Å²) in [7, 11) is 0. The summed E-state index contributed by atoms with van der Waals surface area (Å²) in [5, 5.41) is 0. The molecule has 2 nitrogen and oxygen atoms in total. The van der Waals surface area contributed by atoms with Crippen LogP contribution in [-0.4, -0.2) is 19.4 Å². The second kappa shape index (κ2) is 9.37. The highest BCUT2D eigenvalue weighted by Gasteiger charge is 1.99. The molecular formula is C17H25NO. The summed E-state index contributed by atoms with van der Waals surface area (Å²) in [6.07, 6.45) is 9.17. The Morgan fingerprint density at radius 1 is 1.00 bits per heavy atom. The smallest absolute Gasteiger partial charge is 0.119 e. The van der Waals surface area contributed by atoms with Gasteiger partial charge in [0.2, 0.25) is 0 Å². The molecule has 0 aliphatic rings. The lowest BCUT2D eigenvalue weighted by Gasteiger charge is -2.20. The Labute approximate surface area is 117 Å². The summed E-state index contributed by atoms with van der Waals surface area (Å²) in [6.45, 7) is 6.44. The largest absolute Gasteiger partial charge is 0.372 e. The lowest BCUT2D eigenvalue weighted by molar-refractivity contribution is -0.107. The van der Waals surface area contributed by atoms with E-state index in [4.69, 9.17) is 0 Å². The van der Waals surface area contributed by atoms with Crippen molar-refractivity contribution in [3.8, 4) is 0 Å². The number of nitrogens with zero attached hydrogens (tertiary/aromatic N) is 1. The first kappa shape index (κ1) is 15.5. The Balaban J connectivity index is 2.43. The van der Waals surface area contributed by atoms with E-state index in [-0.39, 0.29) is 0 Å². The molecule has 0 unspecified atom stereocenters. The summed E-state index contributed by atoms with van der Waals surface area (Å²) in [6, 6.07) is 8.68. The van der Waals surface area contributed by atoms with Crippen molar-refractivity contribution in [2.24, 2.45) is 0 Å². The SMILES string of the molecule is CCN(CC)c1ccc(C=CCCCCC=O)cc1.